The molecular weight excluding hydrogens is 268 g/mol. The first-order valence-electron chi connectivity index (χ1n) is 7.77. The summed E-state index contributed by atoms with van der Waals surface area (Å²) in [5.74, 6) is 0.569. The van der Waals surface area contributed by atoms with Gasteiger partial charge in [-0.2, -0.15) is 0 Å². The van der Waals surface area contributed by atoms with E-state index in [-0.39, 0.29) is 5.41 Å². The molecule has 3 unspecified atom stereocenters. The highest BCUT2D eigenvalue weighted by Crippen LogP contribution is 2.38. The van der Waals surface area contributed by atoms with Gasteiger partial charge in [0.05, 0.1) is 12.5 Å². The van der Waals surface area contributed by atoms with Gasteiger partial charge >= 0.3 is 5.97 Å². The number of aliphatic carboxylic acids is 1. The molecule has 1 aliphatic rings. The lowest BCUT2D eigenvalue weighted by molar-refractivity contribution is -0.143. The van der Waals surface area contributed by atoms with Crippen molar-refractivity contribution in [1.29, 1.82) is 0 Å². The first-order valence-corrected chi connectivity index (χ1v) is 7.77. The highest BCUT2D eigenvalue weighted by molar-refractivity contribution is 5.69. The van der Waals surface area contributed by atoms with Crippen LogP contribution in [0.5, 0.6) is 0 Å². The predicted molar refractivity (Wildman–Crippen MR) is 78.8 cm³/mol. The molecule has 0 aromatic carbocycles. The Morgan fingerprint density at radius 2 is 2.14 bits per heavy atom. The number of carboxylic acid groups (broad SMARTS) is 1. The molecule has 0 radical (unpaired) electrons. The number of hydrogen-bond acceptors (Lipinski definition) is 4. The predicted octanol–water partition coefficient (Wildman–Crippen LogP) is 2.71. The molecule has 0 bridgehead atoms. The fraction of sp³-hybridized carbons (Fsp3) is 0.867. The zero-order valence-electron chi connectivity index (χ0n) is 13.4. The maximum atomic E-state index is 11.5. The quantitative estimate of drug-likeness (QED) is 0.903. The Hall–Kier alpha value is -1.46. The van der Waals surface area contributed by atoms with Crippen LogP contribution in [0.1, 0.15) is 65.1 Å². The van der Waals surface area contributed by atoms with Gasteiger partial charge in [-0.25, -0.2) is 4.68 Å². The monoisotopic (exact) mass is 294 g/mol. The summed E-state index contributed by atoms with van der Waals surface area (Å²) in [4.78, 5) is 11.5. The topological polar surface area (TPSA) is 80.9 Å². The van der Waals surface area contributed by atoms with Crippen molar-refractivity contribution in [2.75, 3.05) is 0 Å². The van der Waals surface area contributed by atoms with E-state index in [0.29, 0.717) is 24.8 Å². The van der Waals surface area contributed by atoms with Crippen LogP contribution in [0.15, 0.2) is 0 Å². The molecule has 6 nitrogen and oxygen atoms in total. The van der Waals surface area contributed by atoms with Crippen LogP contribution in [0.2, 0.25) is 0 Å². The molecule has 3 atom stereocenters. The maximum Gasteiger partial charge on any atom is 0.308 e. The van der Waals surface area contributed by atoms with E-state index < -0.39 is 11.9 Å². The molecule has 1 heterocycles. The van der Waals surface area contributed by atoms with Gasteiger partial charge < -0.3 is 5.11 Å². The minimum atomic E-state index is -0.772. The zero-order chi connectivity index (χ0) is 15.6. The van der Waals surface area contributed by atoms with Gasteiger partial charge in [0.2, 0.25) is 0 Å². The first kappa shape index (κ1) is 15.9. The molecule has 0 spiro atoms. The number of carbonyl (C=O) groups is 1. The number of aromatic nitrogens is 4. The summed E-state index contributed by atoms with van der Waals surface area (Å²) < 4.78 is 1.72. The SMILES string of the molecule is CC1CCCC1c1nnnn1CC(CC(C)(C)C)C(=O)O. The van der Waals surface area contributed by atoms with Gasteiger partial charge in [-0.3, -0.25) is 4.79 Å². The third-order valence-corrected chi connectivity index (χ3v) is 4.35. The molecule has 0 saturated heterocycles. The van der Waals surface area contributed by atoms with Crippen molar-refractivity contribution in [3.63, 3.8) is 0 Å². The first-order chi connectivity index (χ1) is 9.78. The third kappa shape index (κ3) is 4.02. The molecule has 0 aliphatic heterocycles. The summed E-state index contributed by atoms with van der Waals surface area (Å²) in [7, 11) is 0. The van der Waals surface area contributed by atoms with Crippen LogP contribution < -0.4 is 0 Å². The van der Waals surface area contributed by atoms with Crippen molar-refractivity contribution >= 4 is 5.97 Å². The summed E-state index contributed by atoms with van der Waals surface area (Å²) in [5.41, 5.74) is -0.0299. The molecule has 21 heavy (non-hydrogen) atoms. The van der Waals surface area contributed by atoms with Crippen LogP contribution >= 0.6 is 0 Å². The van der Waals surface area contributed by atoms with Crippen molar-refractivity contribution in [3.05, 3.63) is 5.82 Å². The zero-order valence-corrected chi connectivity index (χ0v) is 13.4. The van der Waals surface area contributed by atoms with E-state index in [4.69, 9.17) is 0 Å². The van der Waals surface area contributed by atoms with Gasteiger partial charge in [0.25, 0.3) is 0 Å². The van der Waals surface area contributed by atoms with Crippen molar-refractivity contribution in [3.8, 4) is 0 Å². The number of carboxylic acids is 1. The molecule has 2 rings (SSSR count). The van der Waals surface area contributed by atoms with Crippen LogP contribution in [0.3, 0.4) is 0 Å². The molecule has 1 aromatic rings. The summed E-state index contributed by atoms with van der Waals surface area (Å²) in [6.07, 6.45) is 4.10. The van der Waals surface area contributed by atoms with E-state index in [2.05, 4.69) is 43.2 Å². The van der Waals surface area contributed by atoms with Crippen LogP contribution in [0.25, 0.3) is 0 Å². The molecule has 1 aromatic heterocycles. The molecule has 1 aliphatic carbocycles. The van der Waals surface area contributed by atoms with Gasteiger partial charge in [0.15, 0.2) is 5.82 Å². The molecule has 0 amide bonds. The highest BCUT2D eigenvalue weighted by Gasteiger charge is 2.32. The van der Waals surface area contributed by atoms with Crippen LogP contribution in [0, 0.1) is 17.3 Å². The average molecular weight is 294 g/mol. The van der Waals surface area contributed by atoms with Gasteiger partial charge in [-0.1, -0.05) is 34.1 Å². The molecule has 118 valence electrons. The van der Waals surface area contributed by atoms with E-state index >= 15 is 0 Å². The standard InChI is InChI=1S/C15H26N4O2/c1-10-6-5-7-12(10)13-16-17-18-19(13)9-11(14(20)21)8-15(2,3)4/h10-12H,5-9H2,1-4H3,(H,20,21). The summed E-state index contributed by atoms with van der Waals surface area (Å²) >= 11 is 0. The fourth-order valence-corrected chi connectivity index (χ4v) is 3.31. The van der Waals surface area contributed by atoms with E-state index in [0.717, 1.165) is 12.2 Å². The molecule has 1 saturated carbocycles. The lowest BCUT2D eigenvalue weighted by Crippen LogP contribution is -2.27. The second-order valence-corrected chi connectivity index (χ2v) is 7.53. The van der Waals surface area contributed by atoms with Crippen LogP contribution in [-0.2, 0) is 11.3 Å². The lowest BCUT2D eigenvalue weighted by atomic mass is 9.84. The van der Waals surface area contributed by atoms with Crippen molar-refractivity contribution in [1.82, 2.24) is 20.2 Å². The molecule has 1 fully saturated rings. The van der Waals surface area contributed by atoms with E-state index in [1.807, 2.05) is 0 Å². The number of rotatable bonds is 5. The normalized spacial score (nSPS) is 24.2. The smallest absolute Gasteiger partial charge is 0.308 e. The van der Waals surface area contributed by atoms with Gasteiger partial charge in [0, 0.05) is 5.92 Å². The van der Waals surface area contributed by atoms with E-state index in [9.17, 15) is 9.90 Å². The largest absolute Gasteiger partial charge is 0.481 e. The van der Waals surface area contributed by atoms with Crippen molar-refractivity contribution in [2.45, 2.75) is 65.8 Å². The number of hydrogen-bond donors (Lipinski definition) is 1. The number of tetrazole rings is 1. The van der Waals surface area contributed by atoms with Crippen molar-refractivity contribution < 1.29 is 9.90 Å². The summed E-state index contributed by atoms with van der Waals surface area (Å²) in [5, 5.41) is 21.4. The minimum absolute atomic E-state index is 0.0299. The second kappa shape index (κ2) is 6.12. The third-order valence-electron chi connectivity index (χ3n) is 4.35. The van der Waals surface area contributed by atoms with E-state index in [1.165, 1.54) is 12.8 Å². The average Bonchev–Trinajstić information content (AvgIpc) is 2.95. The summed E-state index contributed by atoms with van der Waals surface area (Å²) in [6.45, 7) is 8.76. The Balaban J connectivity index is 2.14. The summed E-state index contributed by atoms with van der Waals surface area (Å²) in [6, 6.07) is 0. The van der Waals surface area contributed by atoms with E-state index in [1.54, 1.807) is 4.68 Å². The highest BCUT2D eigenvalue weighted by atomic mass is 16.4. The van der Waals surface area contributed by atoms with Crippen LogP contribution in [-0.4, -0.2) is 31.3 Å². The molecular formula is C15H26N4O2. The Labute approximate surface area is 125 Å². The Kier molecular flexibility index (Phi) is 4.64. The Bertz CT molecular complexity index is 492. The van der Waals surface area contributed by atoms with Crippen molar-refractivity contribution in [2.24, 2.45) is 17.3 Å². The Morgan fingerprint density at radius 1 is 1.43 bits per heavy atom. The minimum Gasteiger partial charge on any atom is -0.481 e. The Morgan fingerprint density at radius 3 is 2.67 bits per heavy atom. The fourth-order valence-electron chi connectivity index (χ4n) is 3.31. The lowest BCUT2D eigenvalue weighted by Gasteiger charge is -2.24. The van der Waals surface area contributed by atoms with Crippen LogP contribution in [0.4, 0.5) is 0 Å². The second-order valence-electron chi connectivity index (χ2n) is 7.53. The number of nitrogens with zero attached hydrogens (tertiary/aromatic N) is 4. The molecule has 1 N–H and O–H groups in total. The van der Waals surface area contributed by atoms with Gasteiger partial charge in [-0.05, 0) is 41.0 Å². The maximum absolute atomic E-state index is 11.5. The van der Waals surface area contributed by atoms with Gasteiger partial charge in [0.1, 0.15) is 0 Å². The molecule has 6 heteroatoms. The van der Waals surface area contributed by atoms with Gasteiger partial charge in [-0.15, -0.1) is 5.10 Å².